The quantitative estimate of drug-likeness (QED) is 0.853. The van der Waals surface area contributed by atoms with Crippen molar-refractivity contribution in [3.63, 3.8) is 0 Å². The SMILES string of the molecule is N#Cc1ccc(COC(=O)c2ccc(O)cc2)cc1. The largest absolute Gasteiger partial charge is 0.508 e. The van der Waals surface area contributed by atoms with Crippen molar-refractivity contribution in [1.82, 2.24) is 0 Å². The van der Waals surface area contributed by atoms with Crippen LogP contribution in [0.5, 0.6) is 5.75 Å². The predicted molar refractivity (Wildman–Crippen MR) is 68.4 cm³/mol. The van der Waals surface area contributed by atoms with Crippen molar-refractivity contribution in [3.8, 4) is 11.8 Å². The molecule has 0 atom stereocenters. The Morgan fingerprint density at radius 3 is 2.32 bits per heavy atom. The Hall–Kier alpha value is -2.80. The van der Waals surface area contributed by atoms with E-state index in [1.807, 2.05) is 6.07 Å². The number of esters is 1. The van der Waals surface area contributed by atoms with Gasteiger partial charge >= 0.3 is 5.97 Å². The summed E-state index contributed by atoms with van der Waals surface area (Å²) < 4.78 is 5.12. The zero-order valence-electron chi connectivity index (χ0n) is 10.0. The van der Waals surface area contributed by atoms with E-state index in [0.717, 1.165) is 5.56 Å². The smallest absolute Gasteiger partial charge is 0.338 e. The fraction of sp³-hybridized carbons (Fsp3) is 0.0667. The monoisotopic (exact) mass is 253 g/mol. The number of aromatic hydroxyl groups is 1. The highest BCUT2D eigenvalue weighted by Crippen LogP contribution is 2.12. The lowest BCUT2D eigenvalue weighted by atomic mass is 10.1. The number of carbonyl (C=O) groups excluding carboxylic acids is 1. The van der Waals surface area contributed by atoms with Gasteiger partial charge in [0.25, 0.3) is 0 Å². The van der Waals surface area contributed by atoms with Gasteiger partial charge in [0, 0.05) is 0 Å². The normalized spacial score (nSPS) is 9.63. The summed E-state index contributed by atoms with van der Waals surface area (Å²) in [6.45, 7) is 0.144. The lowest BCUT2D eigenvalue weighted by Crippen LogP contribution is -2.04. The maximum atomic E-state index is 11.7. The van der Waals surface area contributed by atoms with E-state index in [1.54, 1.807) is 24.3 Å². The fourth-order valence-electron chi connectivity index (χ4n) is 1.51. The van der Waals surface area contributed by atoms with Gasteiger partial charge in [0.15, 0.2) is 0 Å². The Kier molecular flexibility index (Phi) is 3.79. The van der Waals surface area contributed by atoms with Crippen molar-refractivity contribution in [2.75, 3.05) is 0 Å². The Bertz CT molecular complexity index is 609. The van der Waals surface area contributed by atoms with Crippen LogP contribution >= 0.6 is 0 Å². The van der Waals surface area contributed by atoms with Gasteiger partial charge in [-0.3, -0.25) is 0 Å². The molecule has 1 N–H and O–H groups in total. The standard InChI is InChI=1S/C15H11NO3/c16-9-11-1-3-12(4-2-11)10-19-15(18)13-5-7-14(17)8-6-13/h1-8,17H,10H2. The minimum atomic E-state index is -0.454. The van der Waals surface area contributed by atoms with Gasteiger partial charge in [-0.1, -0.05) is 12.1 Å². The minimum absolute atomic E-state index is 0.101. The van der Waals surface area contributed by atoms with Crippen LogP contribution in [-0.4, -0.2) is 11.1 Å². The van der Waals surface area contributed by atoms with Gasteiger partial charge in [-0.2, -0.15) is 5.26 Å². The molecule has 0 spiro atoms. The molecule has 0 radical (unpaired) electrons. The first-order valence-electron chi connectivity index (χ1n) is 5.64. The van der Waals surface area contributed by atoms with Crippen molar-refractivity contribution < 1.29 is 14.6 Å². The van der Waals surface area contributed by atoms with Crippen LogP contribution in [-0.2, 0) is 11.3 Å². The summed E-state index contributed by atoms with van der Waals surface area (Å²) in [5.41, 5.74) is 1.76. The summed E-state index contributed by atoms with van der Waals surface area (Å²) in [6, 6.07) is 14.7. The molecule has 0 saturated carbocycles. The van der Waals surface area contributed by atoms with Gasteiger partial charge in [0.1, 0.15) is 12.4 Å². The number of phenolic OH excluding ortho intramolecular Hbond substituents is 1. The van der Waals surface area contributed by atoms with Crippen LogP contribution in [0.2, 0.25) is 0 Å². The molecular weight excluding hydrogens is 242 g/mol. The Morgan fingerprint density at radius 1 is 1.11 bits per heavy atom. The molecular formula is C15H11NO3. The van der Waals surface area contributed by atoms with Gasteiger partial charge < -0.3 is 9.84 Å². The first kappa shape index (κ1) is 12.7. The summed E-state index contributed by atoms with van der Waals surface area (Å²) in [4.78, 5) is 11.7. The Labute approximate surface area is 110 Å². The average Bonchev–Trinajstić information content (AvgIpc) is 2.46. The second-order valence-electron chi connectivity index (χ2n) is 3.93. The van der Waals surface area contributed by atoms with Crippen LogP contribution in [0, 0.1) is 11.3 Å². The topological polar surface area (TPSA) is 70.3 Å². The van der Waals surface area contributed by atoms with Crippen molar-refractivity contribution in [1.29, 1.82) is 5.26 Å². The average molecular weight is 253 g/mol. The van der Waals surface area contributed by atoms with Gasteiger partial charge in [0.05, 0.1) is 17.2 Å². The molecule has 0 aliphatic heterocycles. The van der Waals surface area contributed by atoms with E-state index in [2.05, 4.69) is 0 Å². The van der Waals surface area contributed by atoms with Crippen LogP contribution in [0.1, 0.15) is 21.5 Å². The molecule has 0 aliphatic carbocycles. The molecule has 0 saturated heterocycles. The number of ether oxygens (including phenoxy) is 1. The first-order chi connectivity index (χ1) is 9.19. The van der Waals surface area contributed by atoms with Crippen LogP contribution in [0.15, 0.2) is 48.5 Å². The summed E-state index contributed by atoms with van der Waals surface area (Å²) in [5.74, 6) is -0.354. The van der Waals surface area contributed by atoms with Gasteiger partial charge in [-0.05, 0) is 42.0 Å². The Balaban J connectivity index is 1.96. The van der Waals surface area contributed by atoms with Crippen LogP contribution < -0.4 is 0 Å². The molecule has 4 heteroatoms. The molecule has 2 aromatic rings. The zero-order chi connectivity index (χ0) is 13.7. The third-order valence-corrected chi connectivity index (χ3v) is 2.56. The number of benzene rings is 2. The van der Waals surface area contributed by atoms with E-state index in [4.69, 9.17) is 15.1 Å². The fourth-order valence-corrected chi connectivity index (χ4v) is 1.51. The molecule has 0 heterocycles. The second kappa shape index (κ2) is 5.69. The molecule has 2 rings (SSSR count). The lowest BCUT2D eigenvalue weighted by Gasteiger charge is -2.05. The molecule has 0 unspecified atom stereocenters. The summed E-state index contributed by atoms with van der Waals surface area (Å²) in [6.07, 6.45) is 0. The number of nitriles is 1. The Morgan fingerprint density at radius 2 is 1.74 bits per heavy atom. The van der Waals surface area contributed by atoms with Crippen molar-refractivity contribution >= 4 is 5.97 Å². The summed E-state index contributed by atoms with van der Waals surface area (Å²) in [7, 11) is 0. The summed E-state index contributed by atoms with van der Waals surface area (Å²) in [5, 5.41) is 17.8. The van der Waals surface area contributed by atoms with Crippen LogP contribution in [0.3, 0.4) is 0 Å². The van der Waals surface area contributed by atoms with E-state index in [0.29, 0.717) is 11.1 Å². The number of hydrogen-bond donors (Lipinski definition) is 1. The van der Waals surface area contributed by atoms with E-state index in [-0.39, 0.29) is 12.4 Å². The maximum absolute atomic E-state index is 11.7. The van der Waals surface area contributed by atoms with E-state index >= 15 is 0 Å². The van der Waals surface area contributed by atoms with Crippen LogP contribution in [0.4, 0.5) is 0 Å². The number of rotatable bonds is 3. The van der Waals surface area contributed by atoms with Crippen LogP contribution in [0.25, 0.3) is 0 Å². The van der Waals surface area contributed by atoms with E-state index < -0.39 is 5.97 Å². The molecule has 19 heavy (non-hydrogen) atoms. The summed E-state index contributed by atoms with van der Waals surface area (Å²) >= 11 is 0. The van der Waals surface area contributed by atoms with Crippen molar-refractivity contribution in [3.05, 3.63) is 65.2 Å². The highest BCUT2D eigenvalue weighted by Gasteiger charge is 2.07. The second-order valence-corrected chi connectivity index (χ2v) is 3.93. The van der Waals surface area contributed by atoms with Crippen molar-refractivity contribution in [2.24, 2.45) is 0 Å². The van der Waals surface area contributed by atoms with E-state index in [1.165, 1.54) is 24.3 Å². The van der Waals surface area contributed by atoms with Gasteiger partial charge in [-0.15, -0.1) is 0 Å². The molecule has 0 amide bonds. The molecule has 0 bridgehead atoms. The molecule has 0 aromatic heterocycles. The third kappa shape index (κ3) is 3.33. The number of nitrogens with zero attached hydrogens (tertiary/aromatic N) is 1. The molecule has 2 aromatic carbocycles. The molecule has 0 fully saturated rings. The molecule has 4 nitrogen and oxygen atoms in total. The highest BCUT2D eigenvalue weighted by atomic mass is 16.5. The minimum Gasteiger partial charge on any atom is -0.508 e. The first-order valence-corrected chi connectivity index (χ1v) is 5.64. The number of hydrogen-bond acceptors (Lipinski definition) is 4. The number of carbonyl (C=O) groups is 1. The molecule has 0 aliphatic rings. The highest BCUT2D eigenvalue weighted by molar-refractivity contribution is 5.89. The molecule has 94 valence electrons. The predicted octanol–water partition coefficient (Wildman–Crippen LogP) is 2.62. The van der Waals surface area contributed by atoms with Crippen molar-refractivity contribution in [2.45, 2.75) is 6.61 Å². The van der Waals surface area contributed by atoms with E-state index in [9.17, 15) is 4.79 Å². The zero-order valence-corrected chi connectivity index (χ0v) is 10.0. The van der Waals surface area contributed by atoms with Gasteiger partial charge in [-0.25, -0.2) is 4.79 Å². The van der Waals surface area contributed by atoms with Gasteiger partial charge in [0.2, 0.25) is 0 Å². The lowest BCUT2D eigenvalue weighted by molar-refractivity contribution is 0.0472. The maximum Gasteiger partial charge on any atom is 0.338 e. The third-order valence-electron chi connectivity index (χ3n) is 2.56. The number of phenols is 1.